The van der Waals surface area contributed by atoms with Crippen molar-refractivity contribution in [1.29, 1.82) is 0 Å². The summed E-state index contributed by atoms with van der Waals surface area (Å²) >= 11 is 0. The molecule has 0 fully saturated rings. The van der Waals surface area contributed by atoms with Crippen LogP contribution in [0.3, 0.4) is 0 Å². The molecule has 13 heteroatoms. The van der Waals surface area contributed by atoms with Gasteiger partial charge in [0, 0.05) is 42.2 Å². The molecule has 0 saturated heterocycles. The maximum absolute atomic E-state index is 13.3. The molecule has 34 heavy (non-hydrogen) atoms. The van der Waals surface area contributed by atoms with Crippen molar-refractivity contribution in [3.63, 3.8) is 0 Å². The average Bonchev–Trinajstić information content (AvgIpc) is 3.21. The van der Waals surface area contributed by atoms with E-state index in [0.717, 1.165) is 23.8 Å². The first-order valence-electron chi connectivity index (χ1n) is 9.90. The molecule has 0 saturated carbocycles. The normalized spacial score (nSPS) is 16.0. The Bertz CT molecular complexity index is 1250. The molecule has 10 nitrogen and oxygen atoms in total. The Labute approximate surface area is 192 Å². The molecule has 0 bridgehead atoms. The van der Waals surface area contributed by atoms with Crippen molar-refractivity contribution in [3.8, 4) is 0 Å². The minimum absolute atomic E-state index is 0.241. The summed E-state index contributed by atoms with van der Waals surface area (Å²) in [4.78, 5) is 23.4. The molecule has 4 rings (SSSR count). The summed E-state index contributed by atoms with van der Waals surface area (Å²) in [6.07, 6.45) is 6.12. The number of aromatic nitrogens is 2. The lowest BCUT2D eigenvalue weighted by Gasteiger charge is -2.30. The van der Waals surface area contributed by atoms with Crippen LogP contribution in [0.4, 0.5) is 20.3 Å². The van der Waals surface area contributed by atoms with Gasteiger partial charge in [0.1, 0.15) is 30.3 Å². The van der Waals surface area contributed by atoms with E-state index in [1.807, 2.05) is 0 Å². The molecule has 0 aliphatic carbocycles. The Kier molecular flexibility index (Phi) is 6.87. The average molecular weight is 491 g/mol. The molecule has 2 aromatic heterocycles. The Morgan fingerprint density at radius 3 is 2.65 bits per heavy atom. The standard InChI is InChI=1S/C21H20F2N5O5P/c22-14-7-15(23)9-16(8-14)26-20-4-3-13(11-25-20)6-17-10-19(33-27-17)18-2-1-5-28(21(18)24)12-32-34(29,30)31/h1-5,7-11,21H,6,12,24H2,(H,25,26)(H2,29,30,31). The van der Waals surface area contributed by atoms with E-state index in [1.54, 1.807) is 42.7 Å². The number of benzene rings is 1. The van der Waals surface area contributed by atoms with E-state index in [9.17, 15) is 13.3 Å². The first-order chi connectivity index (χ1) is 16.2. The molecule has 1 atom stereocenters. The summed E-state index contributed by atoms with van der Waals surface area (Å²) < 4.78 is 47.5. The number of allylic oxidation sites excluding steroid dienone is 2. The summed E-state index contributed by atoms with van der Waals surface area (Å²) in [5.74, 6) is -0.576. The van der Waals surface area contributed by atoms with Gasteiger partial charge in [-0.05, 0) is 29.8 Å². The summed E-state index contributed by atoms with van der Waals surface area (Å²) in [5, 5.41) is 6.88. The van der Waals surface area contributed by atoms with Gasteiger partial charge in [0.25, 0.3) is 0 Å². The predicted octanol–water partition coefficient (Wildman–Crippen LogP) is 3.25. The van der Waals surface area contributed by atoms with E-state index < -0.39 is 32.4 Å². The topological polar surface area (TPSA) is 147 Å². The van der Waals surface area contributed by atoms with Gasteiger partial charge in [-0.2, -0.15) is 0 Å². The zero-order chi connectivity index (χ0) is 24.3. The van der Waals surface area contributed by atoms with Gasteiger partial charge in [0.2, 0.25) is 0 Å². The van der Waals surface area contributed by atoms with E-state index in [-0.39, 0.29) is 5.69 Å². The number of nitrogens with one attached hydrogen (secondary N) is 1. The number of pyridine rings is 1. The minimum atomic E-state index is -4.64. The third-order valence-corrected chi connectivity index (χ3v) is 5.24. The number of nitrogens with zero attached hydrogens (tertiary/aromatic N) is 3. The molecule has 3 aromatic rings. The molecule has 0 amide bonds. The first-order valence-corrected chi connectivity index (χ1v) is 11.4. The lowest BCUT2D eigenvalue weighted by Crippen LogP contribution is -2.41. The van der Waals surface area contributed by atoms with Gasteiger partial charge in [-0.15, -0.1) is 0 Å². The van der Waals surface area contributed by atoms with Gasteiger partial charge in [-0.1, -0.05) is 17.3 Å². The van der Waals surface area contributed by atoms with Crippen molar-refractivity contribution in [2.24, 2.45) is 5.73 Å². The second-order valence-electron chi connectivity index (χ2n) is 7.37. The van der Waals surface area contributed by atoms with Gasteiger partial charge >= 0.3 is 7.82 Å². The van der Waals surface area contributed by atoms with Gasteiger partial charge in [-0.3, -0.25) is 4.52 Å². The lowest BCUT2D eigenvalue weighted by molar-refractivity contribution is 0.110. The SMILES string of the molecule is NC1C(c2cc(Cc3ccc(Nc4cc(F)cc(F)c4)nc3)no2)=CC=CN1COP(=O)(O)O. The third kappa shape index (κ3) is 6.13. The molecule has 0 spiro atoms. The molecule has 1 unspecified atom stereocenters. The Balaban J connectivity index is 1.39. The van der Waals surface area contributed by atoms with Crippen LogP contribution in [-0.4, -0.2) is 37.7 Å². The number of hydrogen-bond donors (Lipinski definition) is 4. The van der Waals surface area contributed by atoms with Gasteiger partial charge < -0.3 is 30.3 Å². The maximum Gasteiger partial charge on any atom is 0.471 e. The number of phosphoric ester groups is 1. The first kappa shape index (κ1) is 23.7. The van der Waals surface area contributed by atoms with Crippen LogP contribution in [-0.2, 0) is 15.5 Å². The zero-order valence-electron chi connectivity index (χ0n) is 17.5. The van der Waals surface area contributed by atoms with Crippen LogP contribution in [0.5, 0.6) is 0 Å². The molecule has 5 N–H and O–H groups in total. The second kappa shape index (κ2) is 9.84. The molecular weight excluding hydrogens is 471 g/mol. The van der Waals surface area contributed by atoms with E-state index in [2.05, 4.69) is 20.0 Å². The van der Waals surface area contributed by atoms with E-state index >= 15 is 0 Å². The number of hydrogen-bond acceptors (Lipinski definition) is 8. The maximum atomic E-state index is 13.3. The number of phosphoric acid groups is 1. The van der Waals surface area contributed by atoms with Crippen LogP contribution in [0.1, 0.15) is 17.0 Å². The van der Waals surface area contributed by atoms with E-state index in [0.29, 0.717) is 29.3 Å². The van der Waals surface area contributed by atoms with Crippen LogP contribution in [0.25, 0.3) is 5.57 Å². The summed E-state index contributed by atoms with van der Waals surface area (Å²) in [7, 11) is -4.64. The minimum Gasteiger partial charge on any atom is -0.356 e. The lowest BCUT2D eigenvalue weighted by atomic mass is 10.1. The van der Waals surface area contributed by atoms with E-state index in [4.69, 9.17) is 20.0 Å². The highest BCUT2D eigenvalue weighted by Gasteiger charge is 2.25. The Morgan fingerprint density at radius 1 is 1.21 bits per heavy atom. The quantitative estimate of drug-likeness (QED) is 0.346. The molecule has 3 heterocycles. The fourth-order valence-electron chi connectivity index (χ4n) is 3.24. The van der Waals surface area contributed by atoms with Crippen LogP contribution in [0.15, 0.2) is 65.5 Å². The highest BCUT2D eigenvalue weighted by molar-refractivity contribution is 7.46. The highest BCUT2D eigenvalue weighted by Crippen LogP contribution is 2.36. The van der Waals surface area contributed by atoms with Crippen molar-refractivity contribution >= 4 is 24.9 Å². The number of nitrogens with two attached hydrogens (primary N) is 1. The molecule has 1 aliphatic heterocycles. The van der Waals surface area contributed by atoms with Crippen molar-refractivity contribution in [3.05, 3.63) is 89.6 Å². The van der Waals surface area contributed by atoms with Crippen LogP contribution < -0.4 is 11.1 Å². The molecule has 0 radical (unpaired) electrons. The molecule has 1 aromatic carbocycles. The smallest absolute Gasteiger partial charge is 0.356 e. The second-order valence-corrected chi connectivity index (χ2v) is 8.60. The number of halogens is 2. The fraction of sp³-hybridized carbons (Fsp3) is 0.143. The van der Waals surface area contributed by atoms with Crippen molar-refractivity contribution < 1.29 is 32.2 Å². The fourth-order valence-corrected chi connectivity index (χ4v) is 3.52. The molecular formula is C21H20F2N5O5P. The van der Waals surface area contributed by atoms with Crippen molar-refractivity contribution in [1.82, 2.24) is 15.0 Å². The number of anilines is 2. The summed E-state index contributed by atoms with van der Waals surface area (Å²) in [5.41, 5.74) is 8.38. The largest absolute Gasteiger partial charge is 0.471 e. The van der Waals surface area contributed by atoms with Crippen LogP contribution in [0.2, 0.25) is 0 Å². The van der Waals surface area contributed by atoms with Gasteiger partial charge in [0.05, 0.1) is 5.69 Å². The van der Waals surface area contributed by atoms with Gasteiger partial charge in [0.15, 0.2) is 5.76 Å². The zero-order valence-corrected chi connectivity index (χ0v) is 18.4. The van der Waals surface area contributed by atoms with Crippen LogP contribution in [0, 0.1) is 11.6 Å². The Morgan fingerprint density at radius 2 is 1.97 bits per heavy atom. The predicted molar refractivity (Wildman–Crippen MR) is 118 cm³/mol. The highest BCUT2D eigenvalue weighted by atomic mass is 31.2. The van der Waals surface area contributed by atoms with E-state index in [1.165, 1.54) is 4.90 Å². The summed E-state index contributed by atoms with van der Waals surface area (Å²) in [6.45, 7) is -0.408. The Hall–Kier alpha value is -3.41. The molecule has 178 valence electrons. The van der Waals surface area contributed by atoms with Crippen molar-refractivity contribution in [2.75, 3.05) is 12.0 Å². The van der Waals surface area contributed by atoms with Crippen molar-refractivity contribution in [2.45, 2.75) is 12.6 Å². The summed E-state index contributed by atoms with van der Waals surface area (Å²) in [6, 6.07) is 8.27. The van der Waals surface area contributed by atoms with Crippen LogP contribution >= 0.6 is 7.82 Å². The molecule has 1 aliphatic rings. The van der Waals surface area contributed by atoms with Gasteiger partial charge in [-0.25, -0.2) is 18.3 Å². The monoisotopic (exact) mass is 491 g/mol. The number of rotatable bonds is 8. The third-order valence-electron chi connectivity index (χ3n) is 4.79.